The van der Waals surface area contributed by atoms with Crippen molar-refractivity contribution in [2.45, 2.75) is 53.2 Å². The van der Waals surface area contributed by atoms with E-state index in [-0.39, 0.29) is 0 Å². The molecular formula is C16H24N2S. The maximum absolute atomic E-state index is 3.64. The summed E-state index contributed by atoms with van der Waals surface area (Å²) in [5.41, 5.74) is 4.19. The van der Waals surface area contributed by atoms with Crippen LogP contribution < -0.4 is 5.32 Å². The summed E-state index contributed by atoms with van der Waals surface area (Å²) >= 11 is 1.84. The van der Waals surface area contributed by atoms with Gasteiger partial charge in [0, 0.05) is 35.4 Å². The molecule has 0 spiro atoms. The summed E-state index contributed by atoms with van der Waals surface area (Å²) in [5.74, 6) is 0. The van der Waals surface area contributed by atoms with Crippen LogP contribution in [-0.4, -0.2) is 10.6 Å². The lowest BCUT2D eigenvalue weighted by atomic mass is 10.2. The number of rotatable bonds is 6. The van der Waals surface area contributed by atoms with Crippen LogP contribution in [0.1, 0.15) is 35.7 Å². The molecule has 0 aliphatic carbocycles. The van der Waals surface area contributed by atoms with Gasteiger partial charge in [0.05, 0.1) is 0 Å². The standard InChI is InChI=1S/C16H24N2S/c1-5-18-13(3)10-15(14(18)4)11-17-12(2)9-16-7-6-8-19-16/h6-8,10,12,17H,5,9,11H2,1-4H3. The minimum absolute atomic E-state index is 0.517. The molecule has 104 valence electrons. The van der Waals surface area contributed by atoms with Crippen LogP contribution in [0, 0.1) is 13.8 Å². The summed E-state index contributed by atoms with van der Waals surface area (Å²) in [6.07, 6.45) is 1.12. The predicted molar refractivity (Wildman–Crippen MR) is 83.9 cm³/mol. The highest BCUT2D eigenvalue weighted by molar-refractivity contribution is 7.09. The largest absolute Gasteiger partial charge is 0.349 e. The Hall–Kier alpha value is -1.06. The number of nitrogens with one attached hydrogen (secondary N) is 1. The Morgan fingerprint density at radius 1 is 1.37 bits per heavy atom. The van der Waals surface area contributed by atoms with Crippen LogP contribution in [0.3, 0.4) is 0 Å². The summed E-state index contributed by atoms with van der Waals surface area (Å²) in [4.78, 5) is 1.46. The van der Waals surface area contributed by atoms with E-state index < -0.39 is 0 Å². The Bertz CT molecular complexity index is 511. The number of aryl methyl sites for hydroxylation is 1. The molecular weight excluding hydrogens is 252 g/mol. The van der Waals surface area contributed by atoms with Gasteiger partial charge in [0.25, 0.3) is 0 Å². The van der Waals surface area contributed by atoms with Gasteiger partial charge in [-0.15, -0.1) is 11.3 Å². The van der Waals surface area contributed by atoms with Gasteiger partial charge < -0.3 is 9.88 Å². The van der Waals surface area contributed by atoms with Crippen molar-refractivity contribution in [1.29, 1.82) is 0 Å². The van der Waals surface area contributed by atoms with Crippen molar-refractivity contribution in [3.8, 4) is 0 Å². The quantitative estimate of drug-likeness (QED) is 0.846. The number of hydrogen-bond donors (Lipinski definition) is 1. The van der Waals surface area contributed by atoms with Crippen molar-refractivity contribution in [3.63, 3.8) is 0 Å². The molecule has 1 atom stereocenters. The zero-order chi connectivity index (χ0) is 13.8. The minimum Gasteiger partial charge on any atom is -0.349 e. The minimum atomic E-state index is 0.517. The molecule has 0 aliphatic rings. The lowest BCUT2D eigenvalue weighted by molar-refractivity contribution is 0.546. The Balaban J connectivity index is 1.91. The Labute approximate surface area is 120 Å². The molecule has 2 heterocycles. The van der Waals surface area contributed by atoms with Gasteiger partial charge in [-0.3, -0.25) is 0 Å². The maximum atomic E-state index is 3.64. The van der Waals surface area contributed by atoms with Crippen LogP contribution in [0.4, 0.5) is 0 Å². The van der Waals surface area contributed by atoms with Crippen LogP contribution >= 0.6 is 11.3 Å². The Morgan fingerprint density at radius 2 is 2.16 bits per heavy atom. The third kappa shape index (κ3) is 3.48. The van der Waals surface area contributed by atoms with Crippen molar-refractivity contribution in [2.75, 3.05) is 0 Å². The van der Waals surface area contributed by atoms with Crippen molar-refractivity contribution in [3.05, 3.63) is 45.4 Å². The van der Waals surface area contributed by atoms with Crippen LogP contribution in [-0.2, 0) is 19.5 Å². The van der Waals surface area contributed by atoms with Gasteiger partial charge in [-0.25, -0.2) is 0 Å². The van der Waals surface area contributed by atoms with Gasteiger partial charge in [-0.2, -0.15) is 0 Å². The molecule has 2 nitrogen and oxygen atoms in total. The highest BCUT2D eigenvalue weighted by Crippen LogP contribution is 2.16. The fourth-order valence-corrected chi connectivity index (χ4v) is 3.46. The van der Waals surface area contributed by atoms with Gasteiger partial charge in [0.2, 0.25) is 0 Å². The molecule has 0 radical (unpaired) electrons. The molecule has 1 unspecified atom stereocenters. The van der Waals surface area contributed by atoms with Crippen LogP contribution in [0.25, 0.3) is 0 Å². The normalized spacial score (nSPS) is 12.8. The first kappa shape index (κ1) is 14.4. The highest BCUT2D eigenvalue weighted by Gasteiger charge is 2.09. The number of nitrogens with zero attached hydrogens (tertiary/aromatic N) is 1. The van der Waals surface area contributed by atoms with Crippen LogP contribution in [0.2, 0.25) is 0 Å². The van der Waals surface area contributed by atoms with E-state index in [9.17, 15) is 0 Å². The topological polar surface area (TPSA) is 17.0 Å². The van der Waals surface area contributed by atoms with E-state index in [2.05, 4.69) is 61.2 Å². The predicted octanol–water partition coefficient (Wildman–Crippen LogP) is 3.91. The monoisotopic (exact) mass is 276 g/mol. The first-order valence-electron chi connectivity index (χ1n) is 7.03. The molecule has 19 heavy (non-hydrogen) atoms. The van der Waals surface area contributed by atoms with Crippen LogP contribution in [0.5, 0.6) is 0 Å². The van der Waals surface area contributed by atoms with Crippen LogP contribution in [0.15, 0.2) is 23.6 Å². The van der Waals surface area contributed by atoms with E-state index in [1.54, 1.807) is 0 Å². The summed E-state index contributed by atoms with van der Waals surface area (Å²) in [5, 5.41) is 5.79. The third-order valence-corrected chi connectivity index (χ3v) is 4.62. The molecule has 3 heteroatoms. The molecule has 2 aromatic rings. The van der Waals surface area contributed by atoms with Gasteiger partial charge in [-0.05, 0) is 57.2 Å². The van der Waals surface area contributed by atoms with Gasteiger partial charge >= 0.3 is 0 Å². The van der Waals surface area contributed by atoms with Crippen molar-refractivity contribution in [2.24, 2.45) is 0 Å². The van der Waals surface area contributed by atoms with Crippen molar-refractivity contribution >= 4 is 11.3 Å². The molecule has 0 saturated carbocycles. The zero-order valence-electron chi connectivity index (χ0n) is 12.4. The Kier molecular flexibility index (Phi) is 4.83. The van der Waals surface area contributed by atoms with Crippen molar-refractivity contribution < 1.29 is 0 Å². The lowest BCUT2D eigenvalue weighted by Gasteiger charge is -2.13. The van der Waals surface area contributed by atoms with E-state index in [1.807, 2.05) is 11.3 Å². The number of aromatic nitrogens is 1. The Morgan fingerprint density at radius 3 is 2.74 bits per heavy atom. The lowest BCUT2D eigenvalue weighted by Crippen LogP contribution is -2.27. The fourth-order valence-electron chi connectivity index (χ4n) is 2.62. The number of hydrogen-bond acceptors (Lipinski definition) is 2. The van der Waals surface area contributed by atoms with E-state index in [0.29, 0.717) is 6.04 Å². The number of thiophene rings is 1. The van der Waals surface area contributed by atoms with Crippen molar-refractivity contribution in [1.82, 2.24) is 9.88 Å². The molecule has 1 N–H and O–H groups in total. The highest BCUT2D eigenvalue weighted by atomic mass is 32.1. The second-order valence-electron chi connectivity index (χ2n) is 5.21. The summed E-state index contributed by atoms with van der Waals surface area (Å²) in [6, 6.07) is 7.17. The second kappa shape index (κ2) is 6.40. The molecule has 0 saturated heterocycles. The first-order chi connectivity index (χ1) is 9.11. The molecule has 0 fully saturated rings. The molecule has 0 aromatic carbocycles. The average molecular weight is 276 g/mol. The maximum Gasteiger partial charge on any atom is 0.0225 e. The van der Waals surface area contributed by atoms with Gasteiger partial charge in [0.1, 0.15) is 0 Å². The zero-order valence-corrected chi connectivity index (χ0v) is 13.2. The SMILES string of the molecule is CCn1c(C)cc(CNC(C)Cc2cccs2)c1C. The summed E-state index contributed by atoms with van der Waals surface area (Å²) < 4.78 is 2.38. The van der Waals surface area contributed by atoms with E-state index in [0.717, 1.165) is 19.5 Å². The van der Waals surface area contributed by atoms with Gasteiger partial charge in [-0.1, -0.05) is 6.07 Å². The van der Waals surface area contributed by atoms with E-state index in [1.165, 1.54) is 21.8 Å². The average Bonchev–Trinajstić information content (AvgIpc) is 2.96. The molecule has 0 aliphatic heterocycles. The molecule has 2 aromatic heterocycles. The smallest absolute Gasteiger partial charge is 0.0225 e. The molecule has 0 amide bonds. The second-order valence-corrected chi connectivity index (χ2v) is 6.24. The molecule has 2 rings (SSSR count). The summed E-state index contributed by atoms with van der Waals surface area (Å²) in [7, 11) is 0. The van der Waals surface area contributed by atoms with E-state index in [4.69, 9.17) is 0 Å². The molecule has 0 bridgehead atoms. The van der Waals surface area contributed by atoms with Gasteiger partial charge in [0.15, 0.2) is 0 Å². The van der Waals surface area contributed by atoms with E-state index >= 15 is 0 Å². The third-order valence-electron chi connectivity index (χ3n) is 3.72. The summed E-state index contributed by atoms with van der Waals surface area (Å²) in [6.45, 7) is 10.9. The first-order valence-corrected chi connectivity index (χ1v) is 7.91. The fraction of sp³-hybridized carbons (Fsp3) is 0.500.